The smallest absolute Gasteiger partial charge is 0.276 e. The molecule has 1 saturated heterocycles. The van der Waals surface area contributed by atoms with Gasteiger partial charge in [-0.05, 0) is 43.6 Å². The normalized spacial score (nSPS) is 25.6. The minimum Gasteiger partial charge on any atom is -0.477 e. The molecule has 1 aliphatic heterocycles. The summed E-state index contributed by atoms with van der Waals surface area (Å²) in [5, 5.41) is 5.06. The van der Waals surface area contributed by atoms with E-state index in [1.54, 1.807) is 6.07 Å². The highest BCUT2D eigenvalue weighted by molar-refractivity contribution is 6.05. The molecule has 4 rings (SSSR count). The lowest BCUT2D eigenvalue weighted by Gasteiger charge is -2.13. The van der Waals surface area contributed by atoms with Crippen molar-refractivity contribution >= 4 is 11.8 Å². The Hall–Kier alpha value is -2.02. The minimum absolute atomic E-state index is 0.0862. The molecule has 6 nitrogen and oxygen atoms in total. The van der Waals surface area contributed by atoms with Crippen molar-refractivity contribution in [3.05, 3.63) is 23.4 Å². The Kier molecular flexibility index (Phi) is 4.41. The number of imide groups is 1. The largest absolute Gasteiger partial charge is 0.477 e. The predicted octanol–water partition coefficient (Wildman–Crippen LogP) is 1.70. The van der Waals surface area contributed by atoms with E-state index in [2.05, 4.69) is 15.6 Å². The molecule has 0 aromatic carbocycles. The topological polar surface area (TPSA) is 80.3 Å². The SMILES string of the molecule is O=C(NC(=O)[C@@H]1C[C@H](F)CN1)c1ccc(C2CC2)c(OCC2CC2)n1. The quantitative estimate of drug-likeness (QED) is 0.766. The molecule has 1 aromatic rings. The van der Waals surface area contributed by atoms with Gasteiger partial charge >= 0.3 is 0 Å². The van der Waals surface area contributed by atoms with Gasteiger partial charge in [0.15, 0.2) is 0 Å². The molecule has 2 N–H and O–H groups in total. The van der Waals surface area contributed by atoms with Crippen LogP contribution in [0.15, 0.2) is 12.1 Å². The number of pyridine rings is 1. The fraction of sp³-hybridized carbons (Fsp3) is 0.611. The van der Waals surface area contributed by atoms with Crippen molar-refractivity contribution < 1.29 is 18.7 Å². The summed E-state index contributed by atoms with van der Waals surface area (Å²) in [5.74, 6) is 0.475. The van der Waals surface area contributed by atoms with Crippen molar-refractivity contribution in [2.24, 2.45) is 5.92 Å². The molecule has 0 bridgehead atoms. The number of carbonyl (C=O) groups excluding carboxylic acids is 2. The summed E-state index contributed by atoms with van der Waals surface area (Å²) in [6.07, 6.45) is 3.62. The highest BCUT2D eigenvalue weighted by Crippen LogP contribution is 2.44. The van der Waals surface area contributed by atoms with E-state index in [0.717, 1.165) is 18.4 Å². The van der Waals surface area contributed by atoms with Gasteiger partial charge in [-0.3, -0.25) is 14.9 Å². The zero-order chi connectivity index (χ0) is 17.4. The van der Waals surface area contributed by atoms with Gasteiger partial charge in [-0.2, -0.15) is 0 Å². The van der Waals surface area contributed by atoms with Crippen LogP contribution in [-0.4, -0.2) is 42.2 Å². The van der Waals surface area contributed by atoms with Crippen molar-refractivity contribution in [2.45, 2.75) is 50.2 Å². The predicted molar refractivity (Wildman–Crippen MR) is 88.2 cm³/mol. The monoisotopic (exact) mass is 347 g/mol. The molecule has 0 radical (unpaired) electrons. The standard InChI is InChI=1S/C18H22FN3O3/c19-12-7-15(20-8-12)17(24)22-16(23)14-6-5-13(11-3-4-11)18(21-14)25-9-10-1-2-10/h5-6,10-12,15,20H,1-4,7-9H2,(H,22,23,24)/t12-,15-/m0/s1. The average Bonchev–Trinajstić information content (AvgIpc) is 3.52. The Morgan fingerprint density at radius 3 is 2.72 bits per heavy atom. The molecule has 0 spiro atoms. The number of rotatable bonds is 6. The first kappa shape index (κ1) is 16.4. The van der Waals surface area contributed by atoms with Crippen LogP contribution < -0.4 is 15.4 Å². The summed E-state index contributed by atoms with van der Waals surface area (Å²) in [4.78, 5) is 28.7. The number of carbonyl (C=O) groups is 2. The number of nitrogens with zero attached hydrogens (tertiary/aromatic N) is 1. The Labute approximate surface area is 145 Å². The third-order valence-corrected chi connectivity index (χ3v) is 4.92. The summed E-state index contributed by atoms with van der Waals surface area (Å²) >= 11 is 0. The second-order valence-corrected chi connectivity index (χ2v) is 7.23. The van der Waals surface area contributed by atoms with Crippen molar-refractivity contribution in [1.82, 2.24) is 15.6 Å². The number of alkyl halides is 1. The molecule has 0 unspecified atom stereocenters. The molecule has 2 atom stereocenters. The molecule has 2 saturated carbocycles. The number of aromatic nitrogens is 1. The van der Waals surface area contributed by atoms with Crippen molar-refractivity contribution in [1.29, 1.82) is 0 Å². The highest BCUT2D eigenvalue weighted by Gasteiger charge is 2.32. The first-order valence-electron chi connectivity index (χ1n) is 8.96. The van der Waals surface area contributed by atoms with E-state index in [-0.39, 0.29) is 18.7 Å². The van der Waals surface area contributed by atoms with E-state index in [9.17, 15) is 14.0 Å². The van der Waals surface area contributed by atoms with E-state index < -0.39 is 24.0 Å². The van der Waals surface area contributed by atoms with Crippen molar-refractivity contribution in [3.8, 4) is 5.88 Å². The van der Waals surface area contributed by atoms with Crippen LogP contribution in [0.25, 0.3) is 0 Å². The lowest BCUT2D eigenvalue weighted by atomic mass is 10.1. The second-order valence-electron chi connectivity index (χ2n) is 7.23. The number of nitrogens with one attached hydrogen (secondary N) is 2. The van der Waals surface area contributed by atoms with Crippen LogP contribution in [0.3, 0.4) is 0 Å². The van der Waals surface area contributed by atoms with Gasteiger partial charge in [-0.1, -0.05) is 6.07 Å². The Morgan fingerprint density at radius 2 is 2.08 bits per heavy atom. The maximum absolute atomic E-state index is 13.2. The van der Waals surface area contributed by atoms with Crippen LogP contribution in [0, 0.1) is 5.92 Å². The van der Waals surface area contributed by atoms with Crippen LogP contribution in [-0.2, 0) is 4.79 Å². The van der Waals surface area contributed by atoms with Gasteiger partial charge in [0, 0.05) is 18.5 Å². The van der Waals surface area contributed by atoms with Gasteiger partial charge in [-0.15, -0.1) is 0 Å². The van der Waals surface area contributed by atoms with Gasteiger partial charge < -0.3 is 10.1 Å². The van der Waals surface area contributed by atoms with Crippen molar-refractivity contribution in [3.63, 3.8) is 0 Å². The fourth-order valence-corrected chi connectivity index (χ4v) is 3.03. The lowest BCUT2D eigenvalue weighted by Crippen LogP contribution is -2.43. The summed E-state index contributed by atoms with van der Waals surface area (Å²) < 4.78 is 19.0. The lowest BCUT2D eigenvalue weighted by molar-refractivity contribution is -0.121. The summed E-state index contributed by atoms with van der Waals surface area (Å²) in [6, 6.07) is 2.83. The number of ether oxygens (including phenoxy) is 1. The Morgan fingerprint density at radius 1 is 1.28 bits per heavy atom. The molecule has 3 fully saturated rings. The van der Waals surface area contributed by atoms with E-state index in [1.807, 2.05) is 6.07 Å². The van der Waals surface area contributed by atoms with E-state index in [0.29, 0.717) is 24.3 Å². The molecule has 134 valence electrons. The summed E-state index contributed by atoms with van der Waals surface area (Å²) in [5.41, 5.74) is 1.19. The van der Waals surface area contributed by atoms with Crippen LogP contribution in [0.5, 0.6) is 5.88 Å². The Bertz CT molecular complexity index is 688. The summed E-state index contributed by atoms with van der Waals surface area (Å²) in [6.45, 7) is 0.764. The molecular weight excluding hydrogens is 325 g/mol. The molecule has 3 aliphatic rings. The average molecular weight is 347 g/mol. The first-order valence-corrected chi connectivity index (χ1v) is 8.96. The summed E-state index contributed by atoms with van der Waals surface area (Å²) in [7, 11) is 0. The fourth-order valence-electron chi connectivity index (χ4n) is 3.03. The molecule has 2 heterocycles. The van der Waals surface area contributed by atoms with E-state index >= 15 is 0 Å². The van der Waals surface area contributed by atoms with Gasteiger partial charge in [0.25, 0.3) is 5.91 Å². The maximum Gasteiger partial charge on any atom is 0.276 e. The van der Waals surface area contributed by atoms with Gasteiger partial charge in [-0.25, -0.2) is 9.37 Å². The van der Waals surface area contributed by atoms with Gasteiger partial charge in [0.05, 0.1) is 12.6 Å². The zero-order valence-electron chi connectivity index (χ0n) is 14.0. The molecule has 2 aliphatic carbocycles. The van der Waals surface area contributed by atoms with Crippen LogP contribution in [0.2, 0.25) is 0 Å². The minimum atomic E-state index is -1.05. The molecule has 7 heteroatoms. The Balaban J connectivity index is 1.44. The van der Waals surface area contributed by atoms with Crippen LogP contribution >= 0.6 is 0 Å². The third kappa shape index (κ3) is 3.98. The molecule has 2 amide bonds. The number of hydrogen-bond donors (Lipinski definition) is 2. The zero-order valence-corrected chi connectivity index (χ0v) is 14.0. The second kappa shape index (κ2) is 6.71. The first-order chi connectivity index (χ1) is 12.1. The van der Waals surface area contributed by atoms with E-state index in [1.165, 1.54) is 12.8 Å². The number of hydrogen-bond acceptors (Lipinski definition) is 5. The third-order valence-electron chi connectivity index (χ3n) is 4.92. The van der Waals surface area contributed by atoms with Gasteiger partial charge in [0.1, 0.15) is 11.9 Å². The van der Waals surface area contributed by atoms with Crippen molar-refractivity contribution in [2.75, 3.05) is 13.2 Å². The maximum atomic E-state index is 13.2. The van der Waals surface area contributed by atoms with E-state index in [4.69, 9.17) is 4.74 Å². The molecule has 1 aromatic heterocycles. The van der Waals surface area contributed by atoms with Crippen LogP contribution in [0.4, 0.5) is 4.39 Å². The number of amides is 2. The van der Waals surface area contributed by atoms with Gasteiger partial charge in [0.2, 0.25) is 11.8 Å². The van der Waals surface area contributed by atoms with Crippen LogP contribution in [0.1, 0.15) is 54.1 Å². The number of halogens is 1. The molecule has 25 heavy (non-hydrogen) atoms. The highest BCUT2D eigenvalue weighted by atomic mass is 19.1. The molecular formula is C18H22FN3O3.